The standard InChI is InChI=1S/C26H26N4O4/c1-17-9-10-18(2)23(12-17)34-16-19-6-4-7-20(13-19)25(31)29-22-15-28-30(3)24(22)26(32)27-14-21-8-5-11-33-21/h4-13,15H,14,16H2,1-3H3,(H,27,32)(H,29,31). The van der Waals surface area contributed by atoms with Crippen LogP contribution in [0, 0.1) is 13.8 Å². The molecule has 0 unspecified atom stereocenters. The number of amides is 2. The van der Waals surface area contributed by atoms with E-state index in [2.05, 4.69) is 15.7 Å². The van der Waals surface area contributed by atoms with Crippen LogP contribution in [0.2, 0.25) is 0 Å². The molecule has 4 aromatic rings. The molecule has 0 radical (unpaired) electrons. The second-order valence-corrected chi connectivity index (χ2v) is 8.00. The van der Waals surface area contributed by atoms with Crippen LogP contribution in [-0.2, 0) is 20.2 Å². The van der Waals surface area contributed by atoms with Gasteiger partial charge in [-0.1, -0.05) is 24.3 Å². The van der Waals surface area contributed by atoms with Crippen LogP contribution in [0.5, 0.6) is 5.75 Å². The van der Waals surface area contributed by atoms with Gasteiger partial charge >= 0.3 is 0 Å². The minimum Gasteiger partial charge on any atom is -0.489 e. The van der Waals surface area contributed by atoms with Crippen LogP contribution in [0.1, 0.15) is 43.3 Å². The molecule has 8 heteroatoms. The third-order valence-corrected chi connectivity index (χ3v) is 5.33. The molecule has 0 aliphatic heterocycles. The molecule has 2 aromatic carbocycles. The summed E-state index contributed by atoms with van der Waals surface area (Å²) >= 11 is 0. The Morgan fingerprint density at radius 1 is 1.06 bits per heavy atom. The first kappa shape index (κ1) is 22.8. The smallest absolute Gasteiger partial charge is 0.272 e. The van der Waals surface area contributed by atoms with Gasteiger partial charge in [-0.25, -0.2) is 0 Å². The zero-order valence-corrected chi connectivity index (χ0v) is 19.3. The third-order valence-electron chi connectivity index (χ3n) is 5.33. The lowest BCUT2D eigenvalue weighted by molar-refractivity contribution is 0.0939. The monoisotopic (exact) mass is 458 g/mol. The van der Waals surface area contributed by atoms with E-state index in [1.165, 1.54) is 10.9 Å². The number of anilines is 1. The van der Waals surface area contributed by atoms with Crippen LogP contribution >= 0.6 is 0 Å². The van der Waals surface area contributed by atoms with Crippen LogP contribution in [0.3, 0.4) is 0 Å². The summed E-state index contributed by atoms with van der Waals surface area (Å²) in [6, 6.07) is 16.8. The van der Waals surface area contributed by atoms with Gasteiger partial charge in [-0.2, -0.15) is 5.10 Å². The highest BCUT2D eigenvalue weighted by atomic mass is 16.5. The van der Waals surface area contributed by atoms with Crippen molar-refractivity contribution in [2.24, 2.45) is 7.05 Å². The van der Waals surface area contributed by atoms with Gasteiger partial charge in [0.2, 0.25) is 0 Å². The number of hydrogen-bond donors (Lipinski definition) is 2. The summed E-state index contributed by atoms with van der Waals surface area (Å²) in [5.74, 6) is 0.723. The molecule has 0 spiro atoms. The Morgan fingerprint density at radius 2 is 1.91 bits per heavy atom. The molecule has 2 N–H and O–H groups in total. The predicted octanol–water partition coefficient (Wildman–Crippen LogP) is 4.39. The number of benzene rings is 2. The van der Waals surface area contributed by atoms with Crippen molar-refractivity contribution in [3.63, 3.8) is 0 Å². The van der Waals surface area contributed by atoms with Crippen molar-refractivity contribution >= 4 is 17.5 Å². The van der Waals surface area contributed by atoms with Gasteiger partial charge in [0.05, 0.1) is 24.7 Å². The summed E-state index contributed by atoms with van der Waals surface area (Å²) in [6.07, 6.45) is 2.99. The van der Waals surface area contributed by atoms with Gasteiger partial charge in [0.15, 0.2) is 0 Å². The summed E-state index contributed by atoms with van der Waals surface area (Å²) in [5, 5.41) is 9.69. The molecule has 2 heterocycles. The molecule has 8 nitrogen and oxygen atoms in total. The van der Waals surface area contributed by atoms with Gasteiger partial charge in [-0.3, -0.25) is 14.3 Å². The van der Waals surface area contributed by atoms with Crippen LogP contribution in [0.15, 0.2) is 71.5 Å². The van der Waals surface area contributed by atoms with E-state index in [9.17, 15) is 9.59 Å². The van der Waals surface area contributed by atoms with Crippen LogP contribution in [0.25, 0.3) is 0 Å². The molecular weight excluding hydrogens is 432 g/mol. The Hall–Kier alpha value is -4.33. The molecule has 0 saturated carbocycles. The Bertz CT molecular complexity index is 1310. The molecule has 0 aliphatic rings. The molecule has 174 valence electrons. The summed E-state index contributed by atoms with van der Waals surface area (Å²) in [5.41, 5.74) is 4.04. The topological polar surface area (TPSA) is 98.4 Å². The van der Waals surface area contributed by atoms with Gasteiger partial charge in [-0.05, 0) is 60.9 Å². The van der Waals surface area contributed by atoms with Crippen molar-refractivity contribution in [3.8, 4) is 5.75 Å². The van der Waals surface area contributed by atoms with Crippen LogP contribution in [-0.4, -0.2) is 21.6 Å². The number of ether oxygens (including phenoxy) is 1. The number of nitrogens with zero attached hydrogens (tertiary/aromatic N) is 2. The first-order valence-electron chi connectivity index (χ1n) is 10.8. The largest absolute Gasteiger partial charge is 0.489 e. The second-order valence-electron chi connectivity index (χ2n) is 8.00. The summed E-state index contributed by atoms with van der Waals surface area (Å²) in [7, 11) is 1.64. The zero-order valence-electron chi connectivity index (χ0n) is 19.3. The molecule has 0 saturated heterocycles. The maximum absolute atomic E-state index is 12.9. The normalized spacial score (nSPS) is 10.7. The molecular formula is C26H26N4O4. The van der Waals surface area contributed by atoms with E-state index in [-0.39, 0.29) is 24.1 Å². The number of aryl methyl sites for hydroxylation is 3. The summed E-state index contributed by atoms with van der Waals surface area (Å²) in [6.45, 7) is 4.57. The Labute approximate surface area is 197 Å². The van der Waals surface area contributed by atoms with E-state index in [1.807, 2.05) is 38.1 Å². The second kappa shape index (κ2) is 10.1. The van der Waals surface area contributed by atoms with Crippen LogP contribution < -0.4 is 15.4 Å². The fourth-order valence-corrected chi connectivity index (χ4v) is 3.48. The Kier molecular flexibility index (Phi) is 6.77. The van der Waals surface area contributed by atoms with Gasteiger partial charge in [0.1, 0.15) is 23.8 Å². The molecule has 2 amide bonds. The number of rotatable bonds is 8. The van der Waals surface area contributed by atoms with Crippen molar-refractivity contribution in [2.75, 3.05) is 5.32 Å². The number of aromatic nitrogens is 2. The highest BCUT2D eigenvalue weighted by molar-refractivity contribution is 6.08. The zero-order chi connectivity index (χ0) is 24.1. The first-order chi connectivity index (χ1) is 16.4. The van der Waals surface area contributed by atoms with Crippen LogP contribution in [0.4, 0.5) is 5.69 Å². The summed E-state index contributed by atoms with van der Waals surface area (Å²) < 4.78 is 12.6. The first-order valence-corrected chi connectivity index (χ1v) is 10.8. The SMILES string of the molecule is Cc1ccc(C)c(OCc2cccc(C(=O)Nc3cnn(C)c3C(=O)NCc3ccco3)c2)c1. The average molecular weight is 459 g/mol. The number of carbonyl (C=O) groups excluding carboxylic acids is 2. The van der Waals surface area contributed by atoms with Crippen molar-refractivity contribution < 1.29 is 18.7 Å². The number of hydrogen-bond acceptors (Lipinski definition) is 5. The van der Waals surface area contributed by atoms with Gasteiger partial charge in [0, 0.05) is 12.6 Å². The quantitative estimate of drug-likeness (QED) is 0.408. The van der Waals surface area contributed by atoms with Crippen molar-refractivity contribution in [1.82, 2.24) is 15.1 Å². The highest BCUT2D eigenvalue weighted by Crippen LogP contribution is 2.21. The van der Waals surface area contributed by atoms with E-state index < -0.39 is 0 Å². The van der Waals surface area contributed by atoms with Crippen molar-refractivity contribution in [1.29, 1.82) is 0 Å². The fraction of sp³-hybridized carbons (Fsp3) is 0.192. The molecule has 4 rings (SSSR count). The minimum atomic E-state index is -0.373. The Balaban J connectivity index is 1.43. The lowest BCUT2D eigenvalue weighted by Gasteiger charge is -2.11. The lowest BCUT2D eigenvalue weighted by Crippen LogP contribution is -2.26. The Morgan fingerprint density at radius 3 is 2.71 bits per heavy atom. The van der Waals surface area contributed by atoms with E-state index >= 15 is 0 Å². The summed E-state index contributed by atoms with van der Waals surface area (Å²) in [4.78, 5) is 25.6. The molecule has 2 aromatic heterocycles. The van der Waals surface area contributed by atoms with Gasteiger partial charge in [0.25, 0.3) is 11.8 Å². The predicted molar refractivity (Wildman–Crippen MR) is 128 cm³/mol. The number of carbonyl (C=O) groups is 2. The van der Waals surface area contributed by atoms with Crippen molar-refractivity contribution in [2.45, 2.75) is 27.0 Å². The van der Waals surface area contributed by atoms with Gasteiger partial charge in [-0.15, -0.1) is 0 Å². The maximum atomic E-state index is 12.9. The van der Waals surface area contributed by atoms with E-state index in [0.717, 1.165) is 22.4 Å². The van der Waals surface area contributed by atoms with Crippen molar-refractivity contribution in [3.05, 3.63) is 101 Å². The maximum Gasteiger partial charge on any atom is 0.272 e. The van der Waals surface area contributed by atoms with E-state index in [0.29, 0.717) is 23.6 Å². The molecule has 0 fully saturated rings. The highest BCUT2D eigenvalue weighted by Gasteiger charge is 2.19. The molecule has 0 atom stereocenters. The van der Waals surface area contributed by atoms with E-state index in [1.54, 1.807) is 43.6 Å². The lowest BCUT2D eigenvalue weighted by atomic mass is 10.1. The molecule has 34 heavy (non-hydrogen) atoms. The minimum absolute atomic E-state index is 0.229. The fourth-order valence-electron chi connectivity index (χ4n) is 3.48. The molecule has 0 bridgehead atoms. The average Bonchev–Trinajstić information content (AvgIpc) is 3.48. The van der Waals surface area contributed by atoms with E-state index in [4.69, 9.17) is 9.15 Å². The molecule has 0 aliphatic carbocycles. The third kappa shape index (κ3) is 5.35. The number of nitrogens with one attached hydrogen (secondary N) is 2. The number of furan rings is 1. The van der Waals surface area contributed by atoms with Gasteiger partial charge < -0.3 is 19.8 Å².